The first-order valence-corrected chi connectivity index (χ1v) is 18.5. The van der Waals surface area contributed by atoms with E-state index in [0.29, 0.717) is 31.5 Å². The number of rotatable bonds is 12. The summed E-state index contributed by atoms with van der Waals surface area (Å²) in [5.41, 5.74) is -0.0356. The van der Waals surface area contributed by atoms with Gasteiger partial charge >= 0.3 is 43.4 Å². The van der Waals surface area contributed by atoms with Crippen molar-refractivity contribution in [2.75, 3.05) is 39.3 Å². The Hall–Kier alpha value is -5.79. The summed E-state index contributed by atoms with van der Waals surface area (Å²) in [5.74, 6) is -2.40. The number of carboxylic acid groups (broad SMARTS) is 3. The van der Waals surface area contributed by atoms with E-state index in [-0.39, 0.29) is 49.9 Å². The Balaban J connectivity index is 0.000000352. The number of carboxylic acids is 2. The smallest absolute Gasteiger partial charge is 0.410 e. The highest BCUT2D eigenvalue weighted by atomic mass is 19.3. The SMILES string of the molecule is CC[C@@H]1CNCCN1C(=O)OCc1ccc(OC(F)F)cc1.CC[C@@]1(Cc2ccc(OC(F)F)cc2)CN(C(=O)OC(C)(C)C)CCN1C(=O)O.O=C(O)C=CC(=O)O. The normalized spacial score (nSPS) is 17.9. The van der Waals surface area contributed by atoms with E-state index in [9.17, 15) is 46.6 Å². The summed E-state index contributed by atoms with van der Waals surface area (Å²) in [6.07, 6.45) is 0.875. The largest absolute Gasteiger partial charge is 0.478 e. The fraction of sp³-hybridized carbons (Fsp3) is 0.513. The van der Waals surface area contributed by atoms with Crippen LogP contribution in [0.25, 0.3) is 0 Å². The molecule has 59 heavy (non-hydrogen) atoms. The highest BCUT2D eigenvalue weighted by Gasteiger charge is 2.45. The van der Waals surface area contributed by atoms with Crippen LogP contribution in [0.4, 0.5) is 31.9 Å². The zero-order chi connectivity index (χ0) is 44.3. The number of hydrogen-bond acceptors (Lipinski definition) is 10. The predicted octanol–water partition coefficient (Wildman–Crippen LogP) is 6.53. The summed E-state index contributed by atoms with van der Waals surface area (Å²) in [7, 11) is 0. The average molecular weight is 845 g/mol. The van der Waals surface area contributed by atoms with Gasteiger partial charge in [-0.1, -0.05) is 38.1 Å². The molecule has 2 saturated heterocycles. The lowest BCUT2D eigenvalue weighted by atomic mass is 9.84. The molecule has 0 aromatic heterocycles. The Morgan fingerprint density at radius 2 is 1.34 bits per heavy atom. The number of nitrogens with zero attached hydrogens (tertiary/aromatic N) is 3. The standard InChI is InChI=1S/C20H28F2N2O5.C15H20F2N2O3.C4H4O4/c1-5-20(12-14-6-8-15(9-7-14)28-16(21)22)13-23(10-11-24(20)17(25)26)18(27)29-19(2,3)4;1-2-12-9-18-7-8-19(12)15(20)21-10-11-3-5-13(6-4-11)22-14(16)17;5-3(6)1-2-4(7)8/h6-9,16H,5,10-13H2,1-4H3,(H,25,26);3-6,12,14,18H,2,7-10H2,1H3;1-2H,(H,5,6)(H,7,8)/t20-;12-;/m11./s1. The van der Waals surface area contributed by atoms with Crippen LogP contribution >= 0.6 is 0 Å². The van der Waals surface area contributed by atoms with Crippen molar-refractivity contribution in [3.63, 3.8) is 0 Å². The Morgan fingerprint density at radius 3 is 1.78 bits per heavy atom. The Bertz CT molecular complexity index is 1680. The third-order valence-electron chi connectivity index (χ3n) is 8.81. The Morgan fingerprint density at radius 1 is 0.814 bits per heavy atom. The maximum absolute atomic E-state index is 12.5. The van der Waals surface area contributed by atoms with Gasteiger partial charge in [-0.05, 0) is 75.4 Å². The van der Waals surface area contributed by atoms with Gasteiger partial charge in [0.15, 0.2) is 0 Å². The van der Waals surface area contributed by atoms with Gasteiger partial charge in [0.05, 0.1) is 5.54 Å². The quantitative estimate of drug-likeness (QED) is 0.133. The maximum atomic E-state index is 12.5. The van der Waals surface area contributed by atoms with Crippen molar-refractivity contribution in [2.45, 2.75) is 90.9 Å². The van der Waals surface area contributed by atoms with Crippen LogP contribution in [0.2, 0.25) is 0 Å². The third kappa shape index (κ3) is 17.7. The fourth-order valence-corrected chi connectivity index (χ4v) is 6.01. The third-order valence-corrected chi connectivity index (χ3v) is 8.81. The minimum atomic E-state index is -2.91. The number of alkyl halides is 4. The van der Waals surface area contributed by atoms with Crippen LogP contribution < -0.4 is 14.8 Å². The lowest BCUT2D eigenvalue weighted by molar-refractivity contribution is -0.134. The molecule has 2 aromatic carbocycles. The highest BCUT2D eigenvalue weighted by molar-refractivity contribution is 5.89. The summed E-state index contributed by atoms with van der Waals surface area (Å²) >= 11 is 0. The van der Waals surface area contributed by atoms with Crippen molar-refractivity contribution < 1.29 is 75.8 Å². The van der Waals surface area contributed by atoms with Crippen LogP contribution in [0.5, 0.6) is 11.5 Å². The maximum Gasteiger partial charge on any atom is 0.410 e. The molecular weight excluding hydrogens is 792 g/mol. The molecule has 3 amide bonds. The van der Waals surface area contributed by atoms with Crippen molar-refractivity contribution in [1.29, 1.82) is 0 Å². The lowest BCUT2D eigenvalue weighted by Crippen LogP contribution is -2.65. The molecule has 0 unspecified atom stereocenters. The molecule has 4 rings (SSSR count). The number of amides is 3. The second kappa shape index (κ2) is 23.6. The van der Waals surface area contributed by atoms with Gasteiger partial charge in [-0.15, -0.1) is 0 Å². The van der Waals surface area contributed by atoms with Crippen LogP contribution in [-0.4, -0.2) is 130 Å². The van der Waals surface area contributed by atoms with Crippen LogP contribution in [0.15, 0.2) is 60.7 Å². The number of halogens is 4. The van der Waals surface area contributed by atoms with E-state index in [1.165, 1.54) is 34.1 Å². The Labute approximate surface area is 339 Å². The van der Waals surface area contributed by atoms with Crippen LogP contribution in [-0.2, 0) is 32.1 Å². The zero-order valence-electron chi connectivity index (χ0n) is 33.4. The van der Waals surface area contributed by atoms with Crippen LogP contribution in [0.1, 0.15) is 58.6 Å². The monoisotopic (exact) mass is 844 g/mol. The number of ether oxygens (including phenoxy) is 4. The molecule has 2 heterocycles. The molecule has 16 nitrogen and oxygen atoms in total. The van der Waals surface area contributed by atoms with Gasteiger partial charge < -0.3 is 49.4 Å². The molecule has 0 aliphatic carbocycles. The minimum Gasteiger partial charge on any atom is -0.478 e. The summed E-state index contributed by atoms with van der Waals surface area (Å²) < 4.78 is 68.1. The zero-order valence-corrected chi connectivity index (χ0v) is 33.4. The number of carbonyl (C=O) groups excluding carboxylic acids is 2. The first kappa shape index (κ1) is 49.4. The average Bonchev–Trinajstić information content (AvgIpc) is 3.16. The molecule has 20 heteroatoms. The molecule has 4 N–H and O–H groups in total. The number of benzene rings is 2. The number of hydrogen-bond donors (Lipinski definition) is 4. The fourth-order valence-electron chi connectivity index (χ4n) is 6.01. The summed E-state index contributed by atoms with van der Waals surface area (Å²) in [4.78, 5) is 60.3. The molecule has 0 spiro atoms. The second-order valence-corrected chi connectivity index (χ2v) is 14.2. The van der Waals surface area contributed by atoms with Gasteiger partial charge in [0.1, 0.15) is 23.7 Å². The molecule has 0 saturated carbocycles. The van der Waals surface area contributed by atoms with Gasteiger partial charge in [-0.2, -0.15) is 17.6 Å². The first-order chi connectivity index (χ1) is 27.7. The number of carbonyl (C=O) groups is 5. The number of nitrogens with one attached hydrogen (secondary N) is 1. The van der Waals surface area contributed by atoms with E-state index in [1.54, 1.807) is 49.9 Å². The molecule has 0 bridgehead atoms. The van der Waals surface area contributed by atoms with E-state index in [2.05, 4.69) is 14.8 Å². The van der Waals surface area contributed by atoms with Gasteiger partial charge in [0, 0.05) is 57.5 Å². The topological polar surface area (TPSA) is 205 Å². The second-order valence-electron chi connectivity index (χ2n) is 14.2. The molecule has 0 radical (unpaired) electrons. The molecule has 2 fully saturated rings. The van der Waals surface area contributed by atoms with Crippen molar-refractivity contribution >= 4 is 30.2 Å². The van der Waals surface area contributed by atoms with Crippen molar-refractivity contribution in [1.82, 2.24) is 20.0 Å². The molecule has 2 atom stereocenters. The highest BCUT2D eigenvalue weighted by Crippen LogP contribution is 2.31. The van der Waals surface area contributed by atoms with Crippen molar-refractivity contribution in [2.24, 2.45) is 0 Å². The van der Waals surface area contributed by atoms with E-state index < -0.39 is 48.5 Å². The van der Waals surface area contributed by atoms with Crippen LogP contribution in [0, 0.1) is 0 Å². The van der Waals surface area contributed by atoms with Crippen molar-refractivity contribution in [3.05, 3.63) is 71.8 Å². The predicted molar refractivity (Wildman–Crippen MR) is 204 cm³/mol. The Kier molecular flexibility index (Phi) is 19.7. The molecule has 328 valence electrons. The van der Waals surface area contributed by atoms with Gasteiger partial charge in [-0.25, -0.2) is 24.0 Å². The van der Waals surface area contributed by atoms with E-state index in [1.807, 2.05) is 13.8 Å². The van der Waals surface area contributed by atoms with Gasteiger partial charge in [0.25, 0.3) is 0 Å². The van der Waals surface area contributed by atoms with E-state index in [4.69, 9.17) is 19.7 Å². The molecule has 2 aliphatic rings. The van der Waals surface area contributed by atoms with Crippen LogP contribution in [0.3, 0.4) is 0 Å². The summed E-state index contributed by atoms with van der Waals surface area (Å²) in [6, 6.07) is 12.3. The van der Waals surface area contributed by atoms with Crippen molar-refractivity contribution in [3.8, 4) is 11.5 Å². The van der Waals surface area contributed by atoms with E-state index in [0.717, 1.165) is 30.6 Å². The first-order valence-electron chi connectivity index (χ1n) is 18.5. The summed E-state index contributed by atoms with van der Waals surface area (Å²) in [6.45, 7) is 6.29. The molecule has 2 aliphatic heterocycles. The lowest BCUT2D eigenvalue weighted by Gasteiger charge is -2.49. The molecule has 2 aromatic rings. The van der Waals surface area contributed by atoms with E-state index >= 15 is 0 Å². The molecular formula is C39H52F4N4O12. The minimum absolute atomic E-state index is 0.0309. The summed E-state index contributed by atoms with van der Waals surface area (Å²) in [5, 5.41) is 28.6. The number of aliphatic carboxylic acids is 2. The van der Waals surface area contributed by atoms with Gasteiger partial charge in [-0.3, -0.25) is 4.90 Å². The van der Waals surface area contributed by atoms with Gasteiger partial charge in [0.2, 0.25) is 0 Å². The number of piperazine rings is 2.